The van der Waals surface area contributed by atoms with E-state index in [0.29, 0.717) is 31.9 Å². The van der Waals surface area contributed by atoms with Crippen molar-refractivity contribution in [1.29, 1.82) is 0 Å². The molecule has 7 nitrogen and oxygen atoms in total. The van der Waals surface area contributed by atoms with Gasteiger partial charge in [0.05, 0.1) is 13.2 Å². The number of hydrogen-bond acceptors (Lipinski definition) is 4. The summed E-state index contributed by atoms with van der Waals surface area (Å²) in [4.78, 5) is 24.9. The summed E-state index contributed by atoms with van der Waals surface area (Å²) in [5.74, 6) is 0.189. The molecule has 4 aromatic rings. The van der Waals surface area contributed by atoms with Gasteiger partial charge in [-0.05, 0) is 71.6 Å². The highest BCUT2D eigenvalue weighted by atomic mass is 16.5. The molecule has 1 N–H and O–H groups in total. The number of aromatic carboxylic acids is 1. The summed E-state index contributed by atoms with van der Waals surface area (Å²) in [7, 11) is 0. The molecule has 0 aliphatic heterocycles. The van der Waals surface area contributed by atoms with E-state index >= 15 is 0 Å². The Kier molecular flexibility index (Phi) is 9.48. The Bertz CT molecular complexity index is 1540. The van der Waals surface area contributed by atoms with Crippen molar-refractivity contribution in [3.63, 3.8) is 0 Å². The van der Waals surface area contributed by atoms with Gasteiger partial charge in [0, 0.05) is 13.0 Å². The first-order valence-corrected chi connectivity index (χ1v) is 14.5. The van der Waals surface area contributed by atoms with E-state index in [4.69, 9.17) is 9.84 Å². The Morgan fingerprint density at radius 1 is 0.927 bits per heavy atom. The molecule has 0 aliphatic carbocycles. The maximum Gasteiger partial charge on any atom is 0.346 e. The van der Waals surface area contributed by atoms with Crippen LogP contribution in [0.4, 0.5) is 0 Å². The average molecular weight is 556 g/mol. The van der Waals surface area contributed by atoms with Crippen LogP contribution in [0.2, 0.25) is 0 Å². The lowest BCUT2D eigenvalue weighted by Gasteiger charge is -2.19. The fourth-order valence-electron chi connectivity index (χ4n) is 4.95. The van der Waals surface area contributed by atoms with Crippen LogP contribution in [0.25, 0.3) is 11.1 Å². The quantitative estimate of drug-likeness (QED) is 0.209. The minimum atomic E-state index is -1.00. The second-order valence-electron chi connectivity index (χ2n) is 11.5. The minimum Gasteiger partial charge on any atom is -0.493 e. The van der Waals surface area contributed by atoms with Gasteiger partial charge in [0.1, 0.15) is 17.1 Å². The monoisotopic (exact) mass is 555 g/mol. The van der Waals surface area contributed by atoms with Crippen molar-refractivity contribution < 1.29 is 14.6 Å². The molecule has 4 rings (SSSR count). The van der Waals surface area contributed by atoms with E-state index in [1.54, 1.807) is 21.4 Å². The molecule has 216 valence electrons. The molecule has 0 saturated carbocycles. The molecule has 0 saturated heterocycles. The molecule has 3 aromatic carbocycles. The Balaban J connectivity index is 1.44. The third-order valence-electron chi connectivity index (χ3n) is 7.27. The molecule has 0 fully saturated rings. The summed E-state index contributed by atoms with van der Waals surface area (Å²) in [6, 6.07) is 21.9. The number of hydrogen-bond donors (Lipinski definition) is 1. The number of ether oxygens (including phenoxy) is 1. The molecule has 0 unspecified atom stereocenters. The van der Waals surface area contributed by atoms with Crippen molar-refractivity contribution in [1.82, 2.24) is 14.3 Å². The zero-order valence-corrected chi connectivity index (χ0v) is 24.8. The van der Waals surface area contributed by atoms with Crippen LogP contribution in [0.15, 0.2) is 71.5 Å². The predicted octanol–water partition coefficient (Wildman–Crippen LogP) is 6.74. The highest BCUT2D eigenvalue weighted by molar-refractivity contribution is 5.92. The number of benzene rings is 3. The van der Waals surface area contributed by atoms with E-state index in [2.05, 4.69) is 57.2 Å². The Morgan fingerprint density at radius 3 is 2.32 bits per heavy atom. The molecule has 41 heavy (non-hydrogen) atoms. The maximum absolute atomic E-state index is 13.1. The first-order valence-electron chi connectivity index (χ1n) is 14.5. The summed E-state index contributed by atoms with van der Waals surface area (Å²) < 4.78 is 8.95. The van der Waals surface area contributed by atoms with Crippen LogP contribution in [0, 0.1) is 0 Å². The standard InChI is InChI=1S/C34H41N3O4/c1-6-20-41-30-19-16-27(22-29(30)32(38)39)26-12-8-10-24(21-26)11-9-13-31-35-37(33(40)36(31)7-2)23-25-14-17-28(18-15-25)34(3,4)5/h8,10,12,14-19,21-22H,6-7,9,11,13,20,23H2,1-5H3,(H,38,39). The second-order valence-corrected chi connectivity index (χ2v) is 11.5. The molecule has 1 heterocycles. The molecular weight excluding hydrogens is 514 g/mol. The van der Waals surface area contributed by atoms with Crippen LogP contribution in [-0.2, 0) is 31.3 Å². The molecule has 0 aliphatic rings. The smallest absolute Gasteiger partial charge is 0.346 e. The fourth-order valence-corrected chi connectivity index (χ4v) is 4.95. The van der Waals surface area contributed by atoms with Crippen molar-refractivity contribution in [2.75, 3.05) is 6.61 Å². The lowest BCUT2D eigenvalue weighted by atomic mass is 9.87. The molecule has 7 heteroatoms. The number of nitrogens with zero attached hydrogens (tertiary/aromatic N) is 3. The molecule has 0 amide bonds. The van der Waals surface area contributed by atoms with E-state index in [0.717, 1.165) is 47.3 Å². The number of aromatic nitrogens is 3. The highest BCUT2D eigenvalue weighted by Gasteiger charge is 2.16. The van der Waals surface area contributed by atoms with Gasteiger partial charge in [-0.1, -0.05) is 82.3 Å². The number of carboxylic acids is 1. The summed E-state index contributed by atoms with van der Waals surface area (Å²) >= 11 is 0. The molecule has 0 radical (unpaired) electrons. The number of aryl methyl sites for hydroxylation is 2. The fraction of sp³-hybridized carbons (Fsp3) is 0.382. The van der Waals surface area contributed by atoms with E-state index < -0.39 is 5.97 Å². The van der Waals surface area contributed by atoms with Crippen LogP contribution in [0.1, 0.15) is 80.3 Å². The lowest BCUT2D eigenvalue weighted by Crippen LogP contribution is -2.25. The van der Waals surface area contributed by atoms with Crippen LogP contribution >= 0.6 is 0 Å². The third-order valence-corrected chi connectivity index (χ3v) is 7.27. The number of carboxylic acid groups (broad SMARTS) is 1. The van der Waals surface area contributed by atoms with Gasteiger partial charge < -0.3 is 9.84 Å². The molecular formula is C34H41N3O4. The second kappa shape index (κ2) is 13.0. The van der Waals surface area contributed by atoms with Gasteiger partial charge in [0.25, 0.3) is 0 Å². The largest absolute Gasteiger partial charge is 0.493 e. The van der Waals surface area contributed by atoms with E-state index in [-0.39, 0.29) is 16.7 Å². The minimum absolute atomic E-state index is 0.0787. The topological polar surface area (TPSA) is 86.4 Å². The molecule has 0 atom stereocenters. The van der Waals surface area contributed by atoms with Gasteiger partial charge in [0.2, 0.25) is 0 Å². The van der Waals surface area contributed by atoms with Crippen LogP contribution in [0.3, 0.4) is 0 Å². The zero-order valence-electron chi connectivity index (χ0n) is 24.8. The number of rotatable bonds is 12. The predicted molar refractivity (Wildman–Crippen MR) is 163 cm³/mol. The van der Waals surface area contributed by atoms with Crippen molar-refractivity contribution in [2.24, 2.45) is 0 Å². The van der Waals surface area contributed by atoms with E-state index in [1.165, 1.54) is 5.56 Å². The highest BCUT2D eigenvalue weighted by Crippen LogP contribution is 2.28. The maximum atomic E-state index is 13.1. The summed E-state index contributed by atoms with van der Waals surface area (Å²) in [5, 5.41) is 14.4. The molecule has 0 bridgehead atoms. The van der Waals surface area contributed by atoms with Crippen LogP contribution in [-0.4, -0.2) is 32.0 Å². The third kappa shape index (κ3) is 7.34. The van der Waals surface area contributed by atoms with Gasteiger partial charge in [-0.2, -0.15) is 5.10 Å². The first kappa shape index (κ1) is 29.8. The Morgan fingerprint density at radius 2 is 1.66 bits per heavy atom. The zero-order chi connectivity index (χ0) is 29.6. The van der Waals surface area contributed by atoms with Gasteiger partial charge >= 0.3 is 11.7 Å². The van der Waals surface area contributed by atoms with Crippen LogP contribution in [0.5, 0.6) is 5.75 Å². The Hall–Kier alpha value is -4.13. The van der Waals surface area contributed by atoms with Crippen molar-refractivity contribution >= 4 is 5.97 Å². The summed E-state index contributed by atoms with van der Waals surface area (Å²) in [6.45, 7) is 12.0. The van der Waals surface area contributed by atoms with Gasteiger partial charge in [0.15, 0.2) is 0 Å². The first-order chi connectivity index (χ1) is 19.6. The van der Waals surface area contributed by atoms with E-state index in [9.17, 15) is 14.7 Å². The average Bonchev–Trinajstić information content (AvgIpc) is 3.25. The normalized spacial score (nSPS) is 11.5. The lowest BCUT2D eigenvalue weighted by molar-refractivity contribution is 0.0692. The molecule has 1 aromatic heterocycles. The number of carbonyl (C=O) groups is 1. The van der Waals surface area contributed by atoms with E-state index in [1.807, 2.05) is 32.0 Å². The molecule has 0 spiro atoms. The SMILES string of the molecule is CCCOc1ccc(-c2cccc(CCCc3nn(Cc4ccc(C(C)(C)C)cc4)c(=O)n3CC)c2)cc1C(=O)O. The van der Waals surface area contributed by atoms with Crippen LogP contribution < -0.4 is 10.4 Å². The van der Waals surface area contributed by atoms with Crippen molar-refractivity contribution in [3.8, 4) is 16.9 Å². The Labute approximate surface area is 242 Å². The summed E-state index contributed by atoms with van der Waals surface area (Å²) in [6.07, 6.45) is 3.15. The van der Waals surface area contributed by atoms with Gasteiger partial charge in [-0.3, -0.25) is 4.57 Å². The van der Waals surface area contributed by atoms with Gasteiger partial charge in [-0.15, -0.1) is 0 Å². The van der Waals surface area contributed by atoms with Crippen molar-refractivity contribution in [3.05, 3.63) is 105 Å². The summed E-state index contributed by atoms with van der Waals surface area (Å²) in [5.41, 5.74) is 5.43. The van der Waals surface area contributed by atoms with Crippen molar-refractivity contribution in [2.45, 2.75) is 78.8 Å². The van der Waals surface area contributed by atoms with Gasteiger partial charge in [-0.25, -0.2) is 14.3 Å².